The van der Waals surface area contributed by atoms with Gasteiger partial charge in [0, 0.05) is 10.5 Å². The summed E-state index contributed by atoms with van der Waals surface area (Å²) in [5, 5.41) is 9.78. The van der Waals surface area contributed by atoms with Crippen LogP contribution in [-0.4, -0.2) is 19.1 Å². The van der Waals surface area contributed by atoms with Gasteiger partial charge in [0.05, 0.1) is 18.6 Å². The van der Waals surface area contributed by atoms with E-state index in [0.717, 1.165) is 34.4 Å². The van der Waals surface area contributed by atoms with Crippen LogP contribution < -0.4 is 4.74 Å². The molecule has 0 N–H and O–H groups in total. The van der Waals surface area contributed by atoms with E-state index in [-0.39, 0.29) is 11.7 Å². The number of aryl methyl sites for hydroxylation is 1. The number of rotatable bonds is 4. The molecule has 0 bridgehead atoms. The molecule has 0 heterocycles. The maximum Gasteiger partial charge on any atom is 0.171 e. The van der Waals surface area contributed by atoms with Crippen molar-refractivity contribution in [2.75, 3.05) is 13.4 Å². The highest BCUT2D eigenvalue weighted by Gasteiger charge is 2.31. The van der Waals surface area contributed by atoms with Crippen molar-refractivity contribution in [2.45, 2.75) is 12.8 Å². The number of hydrogen-bond acceptors (Lipinski definition) is 4. The average Bonchev–Trinajstić information content (AvgIpc) is 2.67. The van der Waals surface area contributed by atoms with Gasteiger partial charge in [-0.3, -0.25) is 4.79 Å². The Labute approximate surface area is 152 Å². The van der Waals surface area contributed by atoms with Crippen molar-refractivity contribution in [3.63, 3.8) is 0 Å². The first kappa shape index (κ1) is 17.3. The lowest BCUT2D eigenvalue weighted by Gasteiger charge is -2.25. The fraction of sp³-hybridized carbons (Fsp3) is 0.238. The van der Waals surface area contributed by atoms with Crippen LogP contribution >= 0.6 is 11.8 Å². The zero-order chi connectivity index (χ0) is 17.8. The molecule has 1 aliphatic rings. The van der Waals surface area contributed by atoms with E-state index in [1.165, 1.54) is 11.8 Å². The number of fused-ring (bicyclic) bond motifs is 1. The minimum atomic E-state index is -0.259. The standard InChI is InChI=1S/C21H19NO2S/c1-24-16-8-5-7-15(12-16)19(13-22)21(25-2)18-11-10-14-6-3-4-9-17(14)20(18)23/h3-9,12,18H,10-11H2,1-2H3/b21-19-. The second-order valence-electron chi connectivity index (χ2n) is 5.90. The number of methoxy groups -OCH3 is 1. The molecular weight excluding hydrogens is 330 g/mol. The Morgan fingerprint density at radius 2 is 2.04 bits per heavy atom. The van der Waals surface area contributed by atoms with Gasteiger partial charge in [-0.2, -0.15) is 5.26 Å². The van der Waals surface area contributed by atoms with Gasteiger partial charge in [0.2, 0.25) is 0 Å². The van der Waals surface area contributed by atoms with Gasteiger partial charge >= 0.3 is 0 Å². The highest BCUT2D eigenvalue weighted by Crippen LogP contribution is 2.39. The van der Waals surface area contributed by atoms with Crippen LogP contribution in [0.4, 0.5) is 0 Å². The van der Waals surface area contributed by atoms with E-state index in [9.17, 15) is 10.1 Å². The summed E-state index contributed by atoms with van der Waals surface area (Å²) in [6.07, 6.45) is 3.52. The molecule has 2 aromatic carbocycles. The summed E-state index contributed by atoms with van der Waals surface area (Å²) in [6.45, 7) is 0. The number of Topliss-reactive ketones (excluding diaryl/α,β-unsaturated/α-hetero) is 1. The minimum absolute atomic E-state index is 0.113. The molecule has 3 nitrogen and oxygen atoms in total. The molecule has 0 saturated carbocycles. The van der Waals surface area contributed by atoms with E-state index in [0.29, 0.717) is 11.3 Å². The lowest BCUT2D eigenvalue weighted by molar-refractivity contribution is 0.0929. The molecule has 0 saturated heterocycles. The van der Waals surface area contributed by atoms with Gasteiger partial charge in [-0.05, 0) is 42.4 Å². The lowest BCUT2D eigenvalue weighted by atomic mass is 9.81. The van der Waals surface area contributed by atoms with Gasteiger partial charge in [-0.15, -0.1) is 11.8 Å². The number of allylic oxidation sites excluding steroid dienone is 2. The number of carbonyl (C=O) groups excluding carboxylic acids is 1. The van der Waals surface area contributed by atoms with Crippen molar-refractivity contribution in [1.82, 2.24) is 0 Å². The molecule has 4 heteroatoms. The minimum Gasteiger partial charge on any atom is -0.497 e. The fourth-order valence-corrected chi connectivity index (χ4v) is 4.18. The molecule has 0 radical (unpaired) electrons. The average molecular weight is 349 g/mol. The zero-order valence-corrected chi connectivity index (χ0v) is 15.1. The van der Waals surface area contributed by atoms with Crippen LogP contribution in [0.15, 0.2) is 53.4 Å². The SMILES string of the molecule is COc1cccc(/C(C#N)=C(\SC)C2CCc3ccccc3C2=O)c1. The molecule has 0 spiro atoms. The largest absolute Gasteiger partial charge is 0.497 e. The molecule has 126 valence electrons. The summed E-state index contributed by atoms with van der Waals surface area (Å²) in [4.78, 5) is 13.9. The third-order valence-electron chi connectivity index (χ3n) is 4.55. The van der Waals surface area contributed by atoms with E-state index < -0.39 is 0 Å². The first-order chi connectivity index (χ1) is 12.2. The van der Waals surface area contributed by atoms with Gasteiger partial charge in [0.15, 0.2) is 5.78 Å². The Morgan fingerprint density at radius 1 is 1.24 bits per heavy atom. The highest BCUT2D eigenvalue weighted by atomic mass is 32.2. The second-order valence-corrected chi connectivity index (χ2v) is 6.75. The molecule has 1 aliphatic carbocycles. The molecule has 0 aromatic heterocycles. The van der Waals surface area contributed by atoms with Gasteiger partial charge < -0.3 is 4.74 Å². The molecule has 3 rings (SSSR count). The van der Waals surface area contributed by atoms with E-state index in [2.05, 4.69) is 6.07 Å². The molecule has 0 amide bonds. The van der Waals surface area contributed by atoms with Crippen LogP contribution in [0, 0.1) is 17.2 Å². The Balaban J connectivity index is 2.07. The van der Waals surface area contributed by atoms with Crippen LogP contribution in [-0.2, 0) is 6.42 Å². The van der Waals surface area contributed by atoms with Gasteiger partial charge in [-0.1, -0.05) is 36.4 Å². The van der Waals surface area contributed by atoms with Crippen molar-refractivity contribution in [1.29, 1.82) is 5.26 Å². The predicted molar refractivity (Wildman–Crippen MR) is 102 cm³/mol. The van der Waals surface area contributed by atoms with Crippen LogP contribution in [0.2, 0.25) is 0 Å². The first-order valence-corrected chi connectivity index (χ1v) is 9.37. The number of nitrogens with zero attached hydrogens (tertiary/aromatic N) is 1. The Kier molecular flexibility index (Phi) is 5.25. The lowest BCUT2D eigenvalue weighted by Crippen LogP contribution is -2.24. The van der Waals surface area contributed by atoms with Crippen LogP contribution in [0.25, 0.3) is 5.57 Å². The zero-order valence-electron chi connectivity index (χ0n) is 14.3. The maximum atomic E-state index is 13.0. The van der Waals surface area contributed by atoms with Gasteiger partial charge in [0.25, 0.3) is 0 Å². The third-order valence-corrected chi connectivity index (χ3v) is 5.48. The predicted octanol–water partition coefficient (Wildman–Crippen LogP) is 4.74. The van der Waals surface area contributed by atoms with E-state index in [1.807, 2.05) is 54.8 Å². The Morgan fingerprint density at radius 3 is 2.76 bits per heavy atom. The Hall–Kier alpha value is -2.51. The van der Waals surface area contributed by atoms with E-state index >= 15 is 0 Å². The summed E-state index contributed by atoms with van der Waals surface area (Å²) in [5.74, 6) is 0.554. The number of hydrogen-bond donors (Lipinski definition) is 0. The van der Waals surface area contributed by atoms with Gasteiger partial charge in [0.1, 0.15) is 11.8 Å². The van der Waals surface area contributed by atoms with Crippen molar-refractivity contribution >= 4 is 23.1 Å². The summed E-state index contributed by atoms with van der Waals surface area (Å²) in [7, 11) is 1.60. The van der Waals surface area contributed by atoms with Crippen molar-refractivity contribution in [2.24, 2.45) is 5.92 Å². The number of thioether (sulfide) groups is 1. The normalized spacial score (nSPS) is 17.3. The van der Waals surface area contributed by atoms with Crippen molar-refractivity contribution in [3.05, 3.63) is 70.1 Å². The summed E-state index contributed by atoms with van der Waals surface area (Å²) in [5.41, 5.74) is 3.24. The molecule has 0 fully saturated rings. The second kappa shape index (κ2) is 7.58. The smallest absolute Gasteiger partial charge is 0.171 e. The number of benzene rings is 2. The number of ether oxygens (including phenoxy) is 1. The molecule has 1 atom stereocenters. The fourth-order valence-electron chi connectivity index (χ4n) is 3.31. The molecule has 1 unspecified atom stereocenters. The maximum absolute atomic E-state index is 13.0. The first-order valence-electron chi connectivity index (χ1n) is 8.14. The van der Waals surface area contributed by atoms with Crippen LogP contribution in [0.5, 0.6) is 5.75 Å². The van der Waals surface area contributed by atoms with Crippen molar-refractivity contribution in [3.8, 4) is 11.8 Å². The van der Waals surface area contributed by atoms with Crippen LogP contribution in [0.3, 0.4) is 0 Å². The molecule has 25 heavy (non-hydrogen) atoms. The summed E-state index contributed by atoms with van der Waals surface area (Å²) in [6, 6.07) is 17.5. The van der Waals surface area contributed by atoms with Crippen molar-refractivity contribution < 1.29 is 9.53 Å². The molecule has 0 aliphatic heterocycles. The van der Waals surface area contributed by atoms with E-state index in [4.69, 9.17) is 4.74 Å². The third kappa shape index (κ3) is 3.33. The quantitative estimate of drug-likeness (QED) is 0.748. The summed E-state index contributed by atoms with van der Waals surface area (Å²) < 4.78 is 5.27. The van der Waals surface area contributed by atoms with Gasteiger partial charge in [-0.25, -0.2) is 0 Å². The van der Waals surface area contributed by atoms with Crippen LogP contribution in [0.1, 0.15) is 27.9 Å². The highest BCUT2D eigenvalue weighted by molar-refractivity contribution is 8.02. The topological polar surface area (TPSA) is 50.1 Å². The molecular formula is C21H19NO2S. The molecule has 2 aromatic rings. The number of nitriles is 1. The Bertz CT molecular complexity index is 879. The number of carbonyl (C=O) groups is 1. The van der Waals surface area contributed by atoms with E-state index in [1.54, 1.807) is 7.11 Å². The number of ketones is 1. The monoisotopic (exact) mass is 349 g/mol. The summed E-state index contributed by atoms with van der Waals surface area (Å²) >= 11 is 1.49.